The molecule has 82 valence electrons. The Hall–Kier alpha value is -1.65. The van der Waals surface area contributed by atoms with E-state index >= 15 is 0 Å². The van der Waals surface area contributed by atoms with Crippen molar-refractivity contribution in [3.63, 3.8) is 0 Å². The smallest absolute Gasteiger partial charge is 0.242 e. The summed E-state index contributed by atoms with van der Waals surface area (Å²) in [5.41, 5.74) is 6.14. The lowest BCUT2D eigenvalue weighted by Gasteiger charge is -2.07. The highest BCUT2D eigenvalue weighted by atomic mass is 35.5. The lowest BCUT2D eigenvalue weighted by atomic mass is 10.3. The van der Waals surface area contributed by atoms with Crippen molar-refractivity contribution in [2.45, 2.75) is 6.54 Å². The van der Waals surface area contributed by atoms with Gasteiger partial charge in [0.1, 0.15) is 11.4 Å². The van der Waals surface area contributed by atoms with Crippen LogP contribution in [-0.2, 0) is 6.54 Å². The summed E-state index contributed by atoms with van der Waals surface area (Å²) >= 11 is 5.84. The standard InChI is InChI=1S/C11H10ClN3O/c12-8-2-1-3-9(6-8)16-11-10(7-13)14-4-5-15-11/h1-6H,7,13H2. The van der Waals surface area contributed by atoms with Crippen molar-refractivity contribution in [3.8, 4) is 11.6 Å². The number of hydrogen-bond donors (Lipinski definition) is 1. The summed E-state index contributed by atoms with van der Waals surface area (Å²) in [6, 6.07) is 7.07. The molecule has 0 aliphatic carbocycles. The van der Waals surface area contributed by atoms with Gasteiger partial charge in [-0.05, 0) is 18.2 Å². The average molecular weight is 236 g/mol. The van der Waals surface area contributed by atoms with Crippen molar-refractivity contribution < 1.29 is 4.74 Å². The first-order valence-corrected chi connectivity index (χ1v) is 5.11. The second kappa shape index (κ2) is 4.92. The first-order chi connectivity index (χ1) is 7.79. The Labute approximate surface area is 98.0 Å². The minimum atomic E-state index is 0.281. The van der Waals surface area contributed by atoms with E-state index in [-0.39, 0.29) is 6.54 Å². The Balaban J connectivity index is 2.26. The molecule has 0 bridgehead atoms. The van der Waals surface area contributed by atoms with Crippen LogP contribution in [0.4, 0.5) is 0 Å². The molecular weight excluding hydrogens is 226 g/mol. The monoisotopic (exact) mass is 235 g/mol. The molecule has 0 atom stereocenters. The molecule has 4 nitrogen and oxygen atoms in total. The number of aromatic nitrogens is 2. The highest BCUT2D eigenvalue weighted by Gasteiger charge is 2.05. The van der Waals surface area contributed by atoms with Crippen LogP contribution >= 0.6 is 11.6 Å². The summed E-state index contributed by atoms with van der Waals surface area (Å²) in [7, 11) is 0. The van der Waals surface area contributed by atoms with Gasteiger partial charge < -0.3 is 10.5 Å². The van der Waals surface area contributed by atoms with Gasteiger partial charge in [-0.2, -0.15) is 0 Å². The van der Waals surface area contributed by atoms with Gasteiger partial charge >= 0.3 is 0 Å². The molecule has 0 radical (unpaired) electrons. The van der Waals surface area contributed by atoms with E-state index in [1.165, 1.54) is 0 Å². The third kappa shape index (κ3) is 2.48. The molecule has 2 N–H and O–H groups in total. The Morgan fingerprint density at radius 1 is 1.25 bits per heavy atom. The Kier molecular flexibility index (Phi) is 3.34. The van der Waals surface area contributed by atoms with E-state index in [0.29, 0.717) is 22.3 Å². The van der Waals surface area contributed by atoms with Crippen LogP contribution in [-0.4, -0.2) is 9.97 Å². The molecule has 0 aliphatic heterocycles. The second-order valence-corrected chi connectivity index (χ2v) is 3.51. The molecular formula is C11H10ClN3O. The number of hydrogen-bond acceptors (Lipinski definition) is 4. The number of nitrogens with two attached hydrogens (primary N) is 1. The summed E-state index contributed by atoms with van der Waals surface area (Å²) < 4.78 is 5.54. The molecule has 2 aromatic rings. The van der Waals surface area contributed by atoms with Crippen LogP contribution in [0.3, 0.4) is 0 Å². The van der Waals surface area contributed by atoms with Gasteiger partial charge in [0.25, 0.3) is 0 Å². The predicted molar refractivity (Wildman–Crippen MR) is 61.4 cm³/mol. The van der Waals surface area contributed by atoms with Gasteiger partial charge in [0.05, 0.1) is 0 Å². The van der Waals surface area contributed by atoms with Crippen molar-refractivity contribution >= 4 is 11.6 Å². The third-order valence-electron chi connectivity index (χ3n) is 1.94. The molecule has 0 amide bonds. The molecule has 2 rings (SSSR count). The summed E-state index contributed by atoms with van der Waals surface area (Å²) in [5, 5.41) is 0.607. The van der Waals surface area contributed by atoms with E-state index in [1.807, 2.05) is 0 Å². The maximum Gasteiger partial charge on any atom is 0.242 e. The molecule has 0 fully saturated rings. The van der Waals surface area contributed by atoms with Crippen molar-refractivity contribution in [1.29, 1.82) is 0 Å². The summed E-state index contributed by atoms with van der Waals surface area (Å²) in [6.07, 6.45) is 3.13. The molecule has 0 spiro atoms. The third-order valence-corrected chi connectivity index (χ3v) is 2.17. The molecule has 0 saturated carbocycles. The molecule has 0 aliphatic rings. The molecule has 5 heteroatoms. The summed E-state index contributed by atoms with van der Waals surface area (Å²) in [6.45, 7) is 0.281. The van der Waals surface area contributed by atoms with E-state index in [1.54, 1.807) is 36.7 Å². The second-order valence-electron chi connectivity index (χ2n) is 3.07. The van der Waals surface area contributed by atoms with E-state index in [2.05, 4.69) is 9.97 Å². The number of halogens is 1. The maximum atomic E-state index is 5.84. The van der Waals surface area contributed by atoms with Crippen molar-refractivity contribution in [2.75, 3.05) is 0 Å². The van der Waals surface area contributed by atoms with Crippen LogP contribution in [0, 0.1) is 0 Å². The van der Waals surface area contributed by atoms with Crippen LogP contribution in [0.5, 0.6) is 11.6 Å². The van der Waals surface area contributed by atoms with Gasteiger partial charge in [-0.3, -0.25) is 4.98 Å². The van der Waals surface area contributed by atoms with Gasteiger partial charge in [-0.15, -0.1) is 0 Å². The van der Waals surface area contributed by atoms with Gasteiger partial charge in [0, 0.05) is 24.0 Å². The zero-order valence-electron chi connectivity index (χ0n) is 8.43. The molecule has 0 unspecified atom stereocenters. The lowest BCUT2D eigenvalue weighted by molar-refractivity contribution is 0.452. The van der Waals surface area contributed by atoms with Crippen LogP contribution < -0.4 is 10.5 Å². The van der Waals surface area contributed by atoms with Gasteiger partial charge in [0.15, 0.2) is 0 Å². The largest absolute Gasteiger partial charge is 0.437 e. The van der Waals surface area contributed by atoms with Crippen LogP contribution in [0.15, 0.2) is 36.7 Å². The van der Waals surface area contributed by atoms with Gasteiger partial charge in [0.2, 0.25) is 5.88 Å². The maximum absolute atomic E-state index is 5.84. The molecule has 1 aromatic carbocycles. The summed E-state index contributed by atoms with van der Waals surface area (Å²) in [4.78, 5) is 8.14. The van der Waals surface area contributed by atoms with Crippen LogP contribution in [0.25, 0.3) is 0 Å². The minimum absolute atomic E-state index is 0.281. The SMILES string of the molecule is NCc1nccnc1Oc1cccc(Cl)c1. The fraction of sp³-hybridized carbons (Fsp3) is 0.0909. The molecule has 1 aromatic heterocycles. The zero-order valence-corrected chi connectivity index (χ0v) is 9.19. The predicted octanol–water partition coefficient (Wildman–Crippen LogP) is 2.38. The quantitative estimate of drug-likeness (QED) is 0.887. The van der Waals surface area contributed by atoms with E-state index < -0.39 is 0 Å². The van der Waals surface area contributed by atoms with Gasteiger partial charge in [-0.1, -0.05) is 17.7 Å². The first kappa shape index (κ1) is 10.9. The number of ether oxygens (including phenoxy) is 1. The Morgan fingerprint density at radius 2 is 2.06 bits per heavy atom. The average Bonchev–Trinajstić information content (AvgIpc) is 2.30. The molecule has 0 saturated heterocycles. The highest BCUT2D eigenvalue weighted by Crippen LogP contribution is 2.23. The fourth-order valence-corrected chi connectivity index (χ4v) is 1.40. The number of rotatable bonds is 3. The highest BCUT2D eigenvalue weighted by molar-refractivity contribution is 6.30. The van der Waals surface area contributed by atoms with Crippen molar-refractivity contribution in [3.05, 3.63) is 47.4 Å². The number of nitrogens with zero attached hydrogens (tertiary/aromatic N) is 2. The van der Waals surface area contributed by atoms with Crippen molar-refractivity contribution in [1.82, 2.24) is 9.97 Å². The normalized spacial score (nSPS) is 10.1. The van der Waals surface area contributed by atoms with Crippen molar-refractivity contribution in [2.24, 2.45) is 5.73 Å². The first-order valence-electron chi connectivity index (χ1n) is 4.73. The van der Waals surface area contributed by atoms with Crippen LogP contribution in [0.1, 0.15) is 5.69 Å². The zero-order chi connectivity index (χ0) is 11.4. The minimum Gasteiger partial charge on any atom is -0.437 e. The topological polar surface area (TPSA) is 61.0 Å². The van der Waals surface area contributed by atoms with Gasteiger partial charge in [-0.25, -0.2) is 4.98 Å². The Bertz CT molecular complexity index is 490. The van der Waals surface area contributed by atoms with E-state index in [9.17, 15) is 0 Å². The number of benzene rings is 1. The van der Waals surface area contributed by atoms with E-state index in [0.717, 1.165) is 0 Å². The molecule has 1 heterocycles. The lowest BCUT2D eigenvalue weighted by Crippen LogP contribution is -2.03. The Morgan fingerprint density at radius 3 is 2.81 bits per heavy atom. The molecule has 16 heavy (non-hydrogen) atoms. The summed E-state index contributed by atoms with van der Waals surface area (Å²) in [5.74, 6) is 1.02. The van der Waals surface area contributed by atoms with Crippen LogP contribution in [0.2, 0.25) is 5.02 Å². The fourth-order valence-electron chi connectivity index (χ4n) is 1.22. The van der Waals surface area contributed by atoms with E-state index in [4.69, 9.17) is 22.1 Å².